The number of amides is 1. The van der Waals surface area contributed by atoms with Crippen LogP contribution in [0.15, 0.2) is 48.5 Å². The Morgan fingerprint density at radius 3 is 2.40 bits per heavy atom. The third kappa shape index (κ3) is 4.04. The van der Waals surface area contributed by atoms with Gasteiger partial charge in [0.05, 0.1) is 0 Å². The molecule has 1 aliphatic heterocycles. The molecule has 1 amide bonds. The maximum absolute atomic E-state index is 14.1. The molecule has 1 saturated heterocycles. The fourth-order valence-corrected chi connectivity index (χ4v) is 3.27. The van der Waals surface area contributed by atoms with Gasteiger partial charge in [-0.1, -0.05) is 36.4 Å². The smallest absolute Gasteiger partial charge is 0.244 e. The van der Waals surface area contributed by atoms with Gasteiger partial charge in [-0.3, -0.25) is 10.1 Å². The average molecular weight is 344 g/mol. The van der Waals surface area contributed by atoms with Gasteiger partial charge in [0.1, 0.15) is 17.7 Å². The highest BCUT2D eigenvalue weighted by atomic mass is 19.1. The van der Waals surface area contributed by atoms with Crippen LogP contribution >= 0.6 is 0 Å². The highest BCUT2D eigenvalue weighted by Crippen LogP contribution is 2.25. The van der Waals surface area contributed by atoms with Gasteiger partial charge in [0.15, 0.2) is 0 Å². The van der Waals surface area contributed by atoms with Crippen molar-refractivity contribution in [3.05, 3.63) is 71.3 Å². The molecule has 1 aliphatic rings. The van der Waals surface area contributed by atoms with E-state index in [9.17, 15) is 13.6 Å². The molecule has 2 aromatic carbocycles. The first-order chi connectivity index (χ1) is 12.1. The molecule has 3 rings (SSSR count). The molecule has 1 heterocycles. The molecule has 132 valence electrons. The Morgan fingerprint density at radius 1 is 1.08 bits per heavy atom. The molecule has 0 unspecified atom stereocenters. The topological polar surface area (TPSA) is 32.3 Å². The van der Waals surface area contributed by atoms with E-state index in [1.165, 1.54) is 12.1 Å². The van der Waals surface area contributed by atoms with Crippen LogP contribution < -0.4 is 5.32 Å². The molecule has 2 atom stereocenters. The van der Waals surface area contributed by atoms with Gasteiger partial charge in [-0.05, 0) is 31.4 Å². The van der Waals surface area contributed by atoms with E-state index < -0.39 is 23.7 Å². The van der Waals surface area contributed by atoms with E-state index in [1.807, 2.05) is 35.2 Å². The molecule has 0 saturated carbocycles. The summed E-state index contributed by atoms with van der Waals surface area (Å²) in [6, 6.07) is 12.0. The standard InChI is InChI=1S/C20H22F2N2O/c1-14(17-10-9-16(21)13-18(17)22)23-19(15-7-3-2-4-8-15)20(25)24-11-5-6-12-24/h2-4,7-10,13-14,19,23H,5-6,11-12H2,1H3/t14-,19-/m0/s1. The molecular weight excluding hydrogens is 322 g/mol. The number of halogens is 2. The molecule has 1 fully saturated rings. The van der Waals surface area contributed by atoms with Crippen LogP contribution in [0, 0.1) is 11.6 Å². The summed E-state index contributed by atoms with van der Waals surface area (Å²) in [5.41, 5.74) is 1.19. The molecular formula is C20H22F2N2O. The molecule has 0 aliphatic carbocycles. The third-order valence-corrected chi connectivity index (χ3v) is 4.64. The summed E-state index contributed by atoms with van der Waals surface area (Å²) in [5.74, 6) is -1.22. The Morgan fingerprint density at radius 2 is 1.76 bits per heavy atom. The van der Waals surface area contributed by atoms with Gasteiger partial charge in [-0.25, -0.2) is 8.78 Å². The van der Waals surface area contributed by atoms with E-state index in [2.05, 4.69) is 5.32 Å². The van der Waals surface area contributed by atoms with Crippen molar-refractivity contribution in [3.63, 3.8) is 0 Å². The monoisotopic (exact) mass is 344 g/mol. The lowest BCUT2D eigenvalue weighted by molar-refractivity contribution is -0.132. The summed E-state index contributed by atoms with van der Waals surface area (Å²) in [7, 11) is 0. The van der Waals surface area contributed by atoms with Gasteiger partial charge in [0.25, 0.3) is 0 Å². The summed E-state index contributed by atoms with van der Waals surface area (Å²) in [4.78, 5) is 14.8. The maximum atomic E-state index is 14.1. The minimum atomic E-state index is -0.611. The Balaban J connectivity index is 1.85. The number of carbonyl (C=O) groups excluding carboxylic acids is 1. The van der Waals surface area contributed by atoms with Crippen LogP contribution in [-0.4, -0.2) is 23.9 Å². The van der Waals surface area contributed by atoms with E-state index in [1.54, 1.807) is 6.92 Å². The van der Waals surface area contributed by atoms with Crippen molar-refractivity contribution in [1.29, 1.82) is 0 Å². The number of hydrogen-bond acceptors (Lipinski definition) is 2. The quantitative estimate of drug-likeness (QED) is 0.890. The fraction of sp³-hybridized carbons (Fsp3) is 0.350. The second-order valence-corrected chi connectivity index (χ2v) is 6.43. The van der Waals surface area contributed by atoms with E-state index >= 15 is 0 Å². The van der Waals surface area contributed by atoms with Crippen LogP contribution in [0.2, 0.25) is 0 Å². The van der Waals surface area contributed by atoms with E-state index in [0.717, 1.165) is 37.6 Å². The van der Waals surface area contributed by atoms with Crippen molar-refractivity contribution in [2.75, 3.05) is 13.1 Å². The number of likely N-dealkylation sites (tertiary alicyclic amines) is 1. The van der Waals surface area contributed by atoms with Crippen LogP contribution in [0.1, 0.15) is 43.0 Å². The van der Waals surface area contributed by atoms with Crippen LogP contribution in [0.4, 0.5) is 8.78 Å². The predicted molar refractivity (Wildman–Crippen MR) is 92.9 cm³/mol. The summed E-state index contributed by atoms with van der Waals surface area (Å²) in [5, 5.41) is 3.23. The molecule has 25 heavy (non-hydrogen) atoms. The van der Waals surface area contributed by atoms with E-state index in [0.29, 0.717) is 5.56 Å². The number of benzene rings is 2. The summed E-state index contributed by atoms with van der Waals surface area (Å²) >= 11 is 0. The van der Waals surface area contributed by atoms with Gasteiger partial charge in [0, 0.05) is 30.8 Å². The third-order valence-electron chi connectivity index (χ3n) is 4.64. The highest BCUT2D eigenvalue weighted by Gasteiger charge is 2.29. The lowest BCUT2D eigenvalue weighted by Crippen LogP contribution is -2.40. The lowest BCUT2D eigenvalue weighted by Gasteiger charge is -2.27. The zero-order chi connectivity index (χ0) is 17.8. The molecule has 2 aromatic rings. The number of hydrogen-bond donors (Lipinski definition) is 1. The van der Waals surface area contributed by atoms with Crippen molar-refractivity contribution in [3.8, 4) is 0 Å². The first kappa shape index (κ1) is 17.5. The van der Waals surface area contributed by atoms with Crippen molar-refractivity contribution < 1.29 is 13.6 Å². The van der Waals surface area contributed by atoms with Crippen LogP contribution in [0.3, 0.4) is 0 Å². The van der Waals surface area contributed by atoms with Crippen LogP contribution in [-0.2, 0) is 4.79 Å². The zero-order valence-corrected chi connectivity index (χ0v) is 14.2. The highest BCUT2D eigenvalue weighted by molar-refractivity contribution is 5.83. The van der Waals surface area contributed by atoms with Crippen molar-refractivity contribution in [2.24, 2.45) is 0 Å². The second kappa shape index (κ2) is 7.74. The number of nitrogens with zero attached hydrogens (tertiary/aromatic N) is 1. The minimum absolute atomic E-state index is 0.00179. The lowest BCUT2D eigenvalue weighted by atomic mass is 10.0. The minimum Gasteiger partial charge on any atom is -0.341 e. The molecule has 0 aromatic heterocycles. The van der Waals surface area contributed by atoms with Crippen LogP contribution in [0.25, 0.3) is 0 Å². The average Bonchev–Trinajstić information content (AvgIpc) is 3.14. The van der Waals surface area contributed by atoms with Gasteiger partial charge in [-0.2, -0.15) is 0 Å². The van der Waals surface area contributed by atoms with Gasteiger partial charge >= 0.3 is 0 Å². The van der Waals surface area contributed by atoms with Crippen molar-refractivity contribution in [2.45, 2.75) is 31.8 Å². The largest absolute Gasteiger partial charge is 0.341 e. The van der Waals surface area contributed by atoms with E-state index in [4.69, 9.17) is 0 Å². The predicted octanol–water partition coefficient (Wildman–Crippen LogP) is 3.98. The summed E-state index contributed by atoms with van der Waals surface area (Å²) in [6.45, 7) is 3.29. The molecule has 3 nitrogen and oxygen atoms in total. The first-order valence-electron chi connectivity index (χ1n) is 8.61. The Kier molecular flexibility index (Phi) is 5.43. The summed E-state index contributed by atoms with van der Waals surface area (Å²) in [6.07, 6.45) is 2.02. The normalized spacial score (nSPS) is 16.7. The Hall–Kier alpha value is -2.27. The fourth-order valence-electron chi connectivity index (χ4n) is 3.27. The molecule has 5 heteroatoms. The zero-order valence-electron chi connectivity index (χ0n) is 14.2. The number of rotatable bonds is 5. The maximum Gasteiger partial charge on any atom is 0.244 e. The molecule has 1 N–H and O–H groups in total. The molecule has 0 spiro atoms. The van der Waals surface area contributed by atoms with Gasteiger partial charge in [-0.15, -0.1) is 0 Å². The van der Waals surface area contributed by atoms with Crippen LogP contribution in [0.5, 0.6) is 0 Å². The molecule has 0 bridgehead atoms. The molecule has 0 radical (unpaired) electrons. The first-order valence-corrected chi connectivity index (χ1v) is 8.61. The number of nitrogens with one attached hydrogen (secondary N) is 1. The number of carbonyl (C=O) groups is 1. The second-order valence-electron chi connectivity index (χ2n) is 6.43. The Bertz CT molecular complexity index is 730. The van der Waals surface area contributed by atoms with E-state index in [-0.39, 0.29) is 5.91 Å². The Labute approximate surface area is 146 Å². The summed E-state index contributed by atoms with van der Waals surface area (Å²) < 4.78 is 27.2. The van der Waals surface area contributed by atoms with Gasteiger partial charge < -0.3 is 4.90 Å². The SMILES string of the molecule is C[C@H](N[C@H](C(=O)N1CCCC1)c1ccccc1)c1ccc(F)cc1F. The van der Waals surface area contributed by atoms with Crippen molar-refractivity contribution in [1.82, 2.24) is 10.2 Å². The van der Waals surface area contributed by atoms with Gasteiger partial charge in [0.2, 0.25) is 5.91 Å². The van der Waals surface area contributed by atoms with Crippen molar-refractivity contribution >= 4 is 5.91 Å².